The van der Waals surface area contributed by atoms with E-state index in [1.165, 1.54) is 25.3 Å². The Morgan fingerprint density at radius 2 is 2.00 bits per heavy atom. The number of benzene rings is 1. The first-order valence-corrected chi connectivity index (χ1v) is 11.0. The lowest BCUT2D eigenvalue weighted by atomic mass is 10.2. The number of likely N-dealkylation sites (N-methyl/N-ethyl adjacent to an activating group) is 1. The molecule has 2 N–H and O–H groups in total. The molecule has 0 bridgehead atoms. The molecule has 11 nitrogen and oxygen atoms in total. The number of carbonyl (C=O) groups is 1. The number of aryl methyl sites for hydroxylation is 2. The maximum absolute atomic E-state index is 12.6. The molecule has 0 radical (unpaired) electrons. The number of fused-ring (bicyclic) bond motifs is 1. The minimum Gasteiger partial charge on any atom is -0.408 e. The van der Waals surface area contributed by atoms with Crippen LogP contribution >= 0.6 is 0 Å². The van der Waals surface area contributed by atoms with Crippen LogP contribution in [0.3, 0.4) is 0 Å². The van der Waals surface area contributed by atoms with Gasteiger partial charge < -0.3 is 19.2 Å². The predicted octanol–water partition coefficient (Wildman–Crippen LogP) is 1.07. The Morgan fingerprint density at radius 1 is 1.29 bits per heavy atom. The monoisotopic (exact) mass is 451 g/mol. The van der Waals surface area contributed by atoms with Crippen molar-refractivity contribution < 1.29 is 22.2 Å². The van der Waals surface area contributed by atoms with E-state index in [4.69, 9.17) is 8.94 Å². The average molecular weight is 452 g/mol. The summed E-state index contributed by atoms with van der Waals surface area (Å²) in [5, 5.41) is 6.29. The van der Waals surface area contributed by atoms with E-state index >= 15 is 0 Å². The molecule has 0 spiro atoms. The van der Waals surface area contributed by atoms with Crippen LogP contribution in [0.5, 0.6) is 0 Å². The molecule has 0 unspecified atom stereocenters. The number of nitrogens with one attached hydrogen (secondary N) is 2. The van der Waals surface area contributed by atoms with Crippen molar-refractivity contribution in [3.05, 3.63) is 40.2 Å². The highest BCUT2D eigenvalue weighted by Gasteiger charge is 2.28. The molecule has 1 atom stereocenters. The largest absolute Gasteiger partial charge is 0.419 e. The second-order valence-electron chi connectivity index (χ2n) is 7.49. The first-order valence-electron chi connectivity index (χ1n) is 9.54. The molecule has 1 amide bonds. The zero-order chi connectivity index (χ0) is 22.9. The number of rotatable bonds is 8. The van der Waals surface area contributed by atoms with E-state index in [0.717, 1.165) is 0 Å². The topological polar surface area (TPSA) is 140 Å². The van der Waals surface area contributed by atoms with Crippen LogP contribution in [-0.2, 0) is 21.4 Å². The van der Waals surface area contributed by atoms with E-state index in [9.17, 15) is 18.0 Å². The average Bonchev–Trinajstić information content (AvgIpc) is 3.17. The van der Waals surface area contributed by atoms with Crippen LogP contribution in [0.4, 0.5) is 5.69 Å². The van der Waals surface area contributed by atoms with Crippen LogP contribution in [0.2, 0.25) is 0 Å². The van der Waals surface area contributed by atoms with E-state index < -0.39 is 27.7 Å². The molecule has 2 aromatic heterocycles. The van der Waals surface area contributed by atoms with Gasteiger partial charge in [0.2, 0.25) is 15.9 Å². The molecular weight excluding hydrogens is 426 g/mol. The van der Waals surface area contributed by atoms with Crippen molar-refractivity contribution in [1.82, 2.24) is 19.3 Å². The molecular formula is C19H25N5O6S. The highest BCUT2D eigenvalue weighted by Crippen LogP contribution is 2.20. The number of hydrogen-bond acceptors (Lipinski definition) is 8. The minimum absolute atomic E-state index is 0.0862. The van der Waals surface area contributed by atoms with Crippen molar-refractivity contribution in [1.29, 1.82) is 0 Å². The van der Waals surface area contributed by atoms with Gasteiger partial charge in [-0.2, -0.15) is 4.72 Å². The van der Waals surface area contributed by atoms with E-state index in [0.29, 0.717) is 29.9 Å². The smallest absolute Gasteiger partial charge is 0.408 e. The van der Waals surface area contributed by atoms with Crippen LogP contribution < -0.4 is 15.8 Å². The summed E-state index contributed by atoms with van der Waals surface area (Å²) in [6.45, 7) is 5.46. The summed E-state index contributed by atoms with van der Waals surface area (Å²) in [4.78, 5) is 26.6. The maximum atomic E-state index is 12.6. The maximum Gasteiger partial charge on any atom is 0.419 e. The first-order chi connectivity index (χ1) is 14.5. The number of hydrogen-bond donors (Lipinski definition) is 2. The third-order valence-corrected chi connectivity index (χ3v) is 6.45. The summed E-state index contributed by atoms with van der Waals surface area (Å²) in [6, 6.07) is 3.70. The zero-order valence-electron chi connectivity index (χ0n) is 17.9. The third kappa shape index (κ3) is 4.86. The number of amides is 1. The Bertz CT molecular complexity index is 1250. The van der Waals surface area contributed by atoms with Gasteiger partial charge in [-0.3, -0.25) is 9.36 Å². The van der Waals surface area contributed by atoms with E-state index in [1.807, 2.05) is 19.0 Å². The quantitative estimate of drug-likeness (QED) is 0.518. The van der Waals surface area contributed by atoms with Gasteiger partial charge in [-0.1, -0.05) is 5.16 Å². The number of carbonyl (C=O) groups excluding carboxylic acids is 1. The molecule has 31 heavy (non-hydrogen) atoms. The predicted molar refractivity (Wildman–Crippen MR) is 113 cm³/mol. The molecule has 0 aliphatic rings. The van der Waals surface area contributed by atoms with Gasteiger partial charge in [0, 0.05) is 18.8 Å². The van der Waals surface area contributed by atoms with Gasteiger partial charge in [-0.15, -0.1) is 0 Å². The second-order valence-corrected chi connectivity index (χ2v) is 9.14. The lowest BCUT2D eigenvalue weighted by Crippen LogP contribution is -2.41. The molecule has 0 saturated carbocycles. The van der Waals surface area contributed by atoms with Gasteiger partial charge in [0.25, 0.3) is 0 Å². The lowest BCUT2D eigenvalue weighted by molar-refractivity contribution is -0.117. The highest BCUT2D eigenvalue weighted by molar-refractivity contribution is 7.89. The Balaban J connectivity index is 1.78. The van der Waals surface area contributed by atoms with Crippen molar-refractivity contribution in [3.8, 4) is 0 Å². The summed E-state index contributed by atoms with van der Waals surface area (Å²) in [5.74, 6) is -0.917. The van der Waals surface area contributed by atoms with Gasteiger partial charge in [0.05, 0.1) is 11.6 Å². The molecule has 3 rings (SSSR count). The van der Waals surface area contributed by atoms with Crippen LogP contribution in [0.1, 0.15) is 18.4 Å². The van der Waals surface area contributed by atoms with Gasteiger partial charge in [-0.05, 0) is 53.1 Å². The fourth-order valence-electron chi connectivity index (χ4n) is 3.11. The SMILES string of the molecule is Cc1noc(C)c1S(=O)(=O)N[C@@H](C)C(=O)Nc1ccc2oc(=O)n(CCN(C)C)c2c1. The van der Waals surface area contributed by atoms with Crippen molar-refractivity contribution in [2.75, 3.05) is 26.0 Å². The van der Waals surface area contributed by atoms with E-state index in [2.05, 4.69) is 15.2 Å². The Labute approximate surface area is 179 Å². The number of oxazole rings is 1. The summed E-state index contributed by atoms with van der Waals surface area (Å²) in [5.41, 5.74) is 1.54. The summed E-state index contributed by atoms with van der Waals surface area (Å²) >= 11 is 0. The fourth-order valence-corrected chi connectivity index (χ4v) is 4.64. The van der Waals surface area contributed by atoms with Crippen LogP contribution in [-0.4, -0.2) is 55.6 Å². The molecule has 0 aliphatic heterocycles. The second kappa shape index (κ2) is 8.65. The van der Waals surface area contributed by atoms with Gasteiger partial charge in [-0.25, -0.2) is 13.2 Å². The molecule has 2 heterocycles. The normalized spacial score (nSPS) is 13.1. The molecule has 0 aliphatic carbocycles. The Morgan fingerprint density at radius 3 is 2.61 bits per heavy atom. The Kier molecular flexibility index (Phi) is 6.34. The van der Waals surface area contributed by atoms with E-state index in [1.54, 1.807) is 18.2 Å². The van der Waals surface area contributed by atoms with Gasteiger partial charge in [0.1, 0.15) is 10.6 Å². The first kappa shape index (κ1) is 22.7. The minimum atomic E-state index is -4.00. The molecule has 3 aromatic rings. The van der Waals surface area contributed by atoms with Crippen molar-refractivity contribution in [2.24, 2.45) is 0 Å². The highest BCUT2D eigenvalue weighted by atomic mass is 32.2. The molecule has 168 valence electrons. The number of nitrogens with zero attached hydrogens (tertiary/aromatic N) is 3. The standard InChI is InChI=1S/C19H25N5O6S/c1-11-17(13(3)30-21-11)31(27,28)22-12(2)18(25)20-14-6-7-16-15(10-14)24(19(26)29-16)9-8-23(4)5/h6-7,10,12,22H,8-9H2,1-5H3,(H,20,25)/t12-/m0/s1. The molecule has 0 fully saturated rings. The molecule has 1 aromatic carbocycles. The fraction of sp³-hybridized carbons (Fsp3) is 0.421. The Hall–Kier alpha value is -2.96. The summed E-state index contributed by atoms with van der Waals surface area (Å²) < 4.78 is 39.2. The van der Waals surface area contributed by atoms with Crippen molar-refractivity contribution in [2.45, 2.75) is 38.3 Å². The number of anilines is 1. The number of sulfonamides is 1. The summed E-state index contributed by atoms with van der Waals surface area (Å²) in [7, 11) is -0.215. The third-order valence-electron chi connectivity index (χ3n) is 4.67. The van der Waals surface area contributed by atoms with Crippen LogP contribution in [0.15, 0.2) is 36.8 Å². The van der Waals surface area contributed by atoms with Crippen LogP contribution in [0.25, 0.3) is 11.1 Å². The lowest BCUT2D eigenvalue weighted by Gasteiger charge is -2.14. The van der Waals surface area contributed by atoms with Crippen molar-refractivity contribution >= 4 is 32.7 Å². The molecule has 0 saturated heterocycles. The molecule has 12 heteroatoms. The van der Waals surface area contributed by atoms with Gasteiger partial charge in [0.15, 0.2) is 11.3 Å². The number of aromatic nitrogens is 2. The summed E-state index contributed by atoms with van der Waals surface area (Å²) in [6.07, 6.45) is 0. The van der Waals surface area contributed by atoms with E-state index in [-0.39, 0.29) is 16.3 Å². The zero-order valence-corrected chi connectivity index (χ0v) is 18.7. The van der Waals surface area contributed by atoms with Crippen LogP contribution in [0, 0.1) is 13.8 Å². The van der Waals surface area contributed by atoms with Gasteiger partial charge >= 0.3 is 5.76 Å². The van der Waals surface area contributed by atoms with Crippen molar-refractivity contribution in [3.63, 3.8) is 0 Å².